The number of benzene rings is 2. The molecule has 5 heteroatoms. The fourth-order valence-electron chi connectivity index (χ4n) is 2.29. The Kier molecular flexibility index (Phi) is 2.79. The Bertz CT molecular complexity index is 840. The highest BCUT2D eigenvalue weighted by molar-refractivity contribution is 7.17. The monoisotopic (exact) mass is 297 g/mol. The van der Waals surface area contributed by atoms with Crippen LogP contribution in [0.15, 0.2) is 47.8 Å². The first-order valence-corrected chi connectivity index (χ1v) is 7.36. The van der Waals surface area contributed by atoms with E-state index in [1.165, 1.54) is 4.70 Å². The summed E-state index contributed by atoms with van der Waals surface area (Å²) in [6.07, 6.45) is 0. The minimum Gasteiger partial charge on any atom is -0.454 e. The average Bonchev–Trinajstić information content (AvgIpc) is 3.14. The Morgan fingerprint density at radius 2 is 1.95 bits per heavy atom. The van der Waals surface area contributed by atoms with Crippen LogP contribution in [0, 0.1) is 0 Å². The lowest BCUT2D eigenvalue weighted by atomic mass is 10.1. The molecule has 104 valence electrons. The largest absolute Gasteiger partial charge is 0.454 e. The first-order chi connectivity index (χ1) is 10.3. The van der Waals surface area contributed by atoms with Crippen LogP contribution in [0.2, 0.25) is 0 Å². The zero-order valence-electron chi connectivity index (χ0n) is 11.0. The molecule has 21 heavy (non-hydrogen) atoms. The number of carbonyl (C=O) groups excluding carboxylic acids is 1. The molecule has 2 heterocycles. The van der Waals surface area contributed by atoms with Gasteiger partial charge in [0.2, 0.25) is 6.79 Å². The number of nitrogens with one attached hydrogen (secondary N) is 1. The molecule has 0 saturated carbocycles. The van der Waals surface area contributed by atoms with E-state index in [1.54, 1.807) is 29.5 Å². The summed E-state index contributed by atoms with van der Waals surface area (Å²) in [7, 11) is 0. The quantitative estimate of drug-likeness (QED) is 0.781. The molecule has 4 nitrogen and oxygen atoms in total. The Morgan fingerprint density at radius 1 is 1.05 bits per heavy atom. The summed E-state index contributed by atoms with van der Waals surface area (Å²) in [6.45, 7) is 0.204. The van der Waals surface area contributed by atoms with Crippen molar-refractivity contribution in [2.45, 2.75) is 0 Å². The van der Waals surface area contributed by atoms with Crippen molar-refractivity contribution in [1.29, 1.82) is 0 Å². The molecule has 3 aromatic rings. The Hall–Kier alpha value is -2.53. The number of amides is 1. The summed E-state index contributed by atoms with van der Waals surface area (Å²) in [6, 6.07) is 13.1. The van der Waals surface area contributed by atoms with E-state index in [2.05, 4.69) is 5.32 Å². The van der Waals surface area contributed by atoms with Crippen LogP contribution >= 0.6 is 11.3 Å². The van der Waals surface area contributed by atoms with E-state index < -0.39 is 0 Å². The second-order valence-electron chi connectivity index (χ2n) is 4.70. The van der Waals surface area contributed by atoms with Gasteiger partial charge in [0.25, 0.3) is 5.91 Å². The number of anilines is 1. The lowest BCUT2D eigenvalue weighted by Crippen LogP contribution is -2.11. The van der Waals surface area contributed by atoms with Gasteiger partial charge < -0.3 is 14.8 Å². The second-order valence-corrected chi connectivity index (χ2v) is 5.64. The molecule has 1 amide bonds. The predicted octanol–water partition coefficient (Wildman–Crippen LogP) is 3.88. The van der Waals surface area contributed by atoms with Gasteiger partial charge in [0, 0.05) is 16.0 Å². The third-order valence-electron chi connectivity index (χ3n) is 3.35. The average molecular weight is 297 g/mol. The van der Waals surface area contributed by atoms with Gasteiger partial charge in [-0.1, -0.05) is 0 Å². The van der Waals surface area contributed by atoms with Crippen LogP contribution in [-0.2, 0) is 0 Å². The minimum absolute atomic E-state index is 0.164. The predicted molar refractivity (Wildman–Crippen MR) is 82.3 cm³/mol. The number of fused-ring (bicyclic) bond motifs is 2. The minimum atomic E-state index is -0.164. The zero-order chi connectivity index (χ0) is 14.2. The van der Waals surface area contributed by atoms with Crippen molar-refractivity contribution >= 4 is 33.0 Å². The fourth-order valence-corrected chi connectivity index (χ4v) is 3.06. The van der Waals surface area contributed by atoms with Crippen LogP contribution < -0.4 is 14.8 Å². The van der Waals surface area contributed by atoms with Crippen molar-refractivity contribution in [3.8, 4) is 11.5 Å². The van der Waals surface area contributed by atoms with E-state index in [0.717, 1.165) is 11.1 Å². The number of thiophene rings is 1. The summed E-state index contributed by atoms with van der Waals surface area (Å²) < 4.78 is 11.7. The van der Waals surface area contributed by atoms with Crippen LogP contribution in [0.25, 0.3) is 10.1 Å². The van der Waals surface area contributed by atoms with Crippen molar-refractivity contribution in [2.75, 3.05) is 12.1 Å². The Morgan fingerprint density at radius 3 is 2.90 bits per heavy atom. The van der Waals surface area contributed by atoms with Crippen LogP contribution in [0.5, 0.6) is 11.5 Å². The molecular weight excluding hydrogens is 286 g/mol. The van der Waals surface area contributed by atoms with Gasteiger partial charge in [0.15, 0.2) is 11.5 Å². The number of ether oxygens (including phenoxy) is 2. The lowest BCUT2D eigenvalue weighted by molar-refractivity contribution is 0.102. The molecule has 4 rings (SSSR count). The van der Waals surface area contributed by atoms with Gasteiger partial charge >= 0.3 is 0 Å². The number of hydrogen-bond acceptors (Lipinski definition) is 4. The first-order valence-electron chi connectivity index (χ1n) is 6.48. The van der Waals surface area contributed by atoms with Gasteiger partial charge in [0.1, 0.15) is 0 Å². The molecule has 0 spiro atoms. The molecule has 0 aliphatic carbocycles. The summed E-state index contributed by atoms with van der Waals surface area (Å²) >= 11 is 1.68. The van der Waals surface area contributed by atoms with Gasteiger partial charge in [-0.25, -0.2) is 0 Å². The van der Waals surface area contributed by atoms with Gasteiger partial charge in [0.05, 0.1) is 0 Å². The van der Waals surface area contributed by atoms with E-state index in [1.807, 2.05) is 29.6 Å². The highest BCUT2D eigenvalue weighted by Gasteiger charge is 2.16. The van der Waals surface area contributed by atoms with E-state index in [4.69, 9.17) is 9.47 Å². The smallest absolute Gasteiger partial charge is 0.255 e. The number of rotatable bonds is 2. The molecule has 1 aliphatic rings. The molecule has 0 radical (unpaired) electrons. The molecule has 1 aliphatic heterocycles. The molecule has 2 aromatic carbocycles. The molecule has 0 unspecified atom stereocenters. The maximum absolute atomic E-state index is 12.3. The lowest BCUT2D eigenvalue weighted by Gasteiger charge is -2.06. The molecule has 1 N–H and O–H groups in total. The third kappa shape index (κ3) is 2.21. The van der Waals surface area contributed by atoms with Gasteiger partial charge in [-0.2, -0.15) is 0 Å². The number of carbonyl (C=O) groups is 1. The highest BCUT2D eigenvalue weighted by Crippen LogP contribution is 2.32. The third-order valence-corrected chi connectivity index (χ3v) is 4.24. The standard InChI is InChI=1S/C16H11NO3S/c18-16(11-1-3-13-14(8-11)20-9-19-13)17-12-2-4-15-10(7-12)5-6-21-15/h1-8H,9H2,(H,17,18). The van der Waals surface area contributed by atoms with Crippen molar-refractivity contribution in [1.82, 2.24) is 0 Å². The molecular formula is C16H11NO3S. The van der Waals surface area contributed by atoms with Crippen LogP contribution in [0.3, 0.4) is 0 Å². The maximum Gasteiger partial charge on any atom is 0.255 e. The van der Waals surface area contributed by atoms with Crippen LogP contribution in [0.4, 0.5) is 5.69 Å². The van der Waals surface area contributed by atoms with Crippen LogP contribution in [-0.4, -0.2) is 12.7 Å². The van der Waals surface area contributed by atoms with Gasteiger partial charge in [-0.05, 0) is 53.2 Å². The van der Waals surface area contributed by atoms with Crippen molar-refractivity contribution in [2.24, 2.45) is 0 Å². The Labute approximate surface area is 124 Å². The Balaban J connectivity index is 1.59. The SMILES string of the molecule is O=C(Nc1ccc2sccc2c1)c1ccc2c(c1)OCO2. The zero-order valence-corrected chi connectivity index (χ0v) is 11.8. The van der Waals surface area contributed by atoms with Crippen molar-refractivity contribution in [3.05, 3.63) is 53.4 Å². The molecule has 0 atom stereocenters. The summed E-state index contributed by atoms with van der Waals surface area (Å²) in [5.74, 6) is 1.12. The first kappa shape index (κ1) is 12.2. The van der Waals surface area contributed by atoms with E-state index >= 15 is 0 Å². The molecule has 1 aromatic heterocycles. The topological polar surface area (TPSA) is 47.6 Å². The van der Waals surface area contributed by atoms with E-state index in [0.29, 0.717) is 17.1 Å². The van der Waals surface area contributed by atoms with Gasteiger partial charge in [-0.3, -0.25) is 4.79 Å². The molecule has 0 saturated heterocycles. The molecule has 0 fully saturated rings. The summed E-state index contributed by atoms with van der Waals surface area (Å²) in [5, 5.41) is 6.06. The normalized spacial score (nSPS) is 12.6. The van der Waals surface area contributed by atoms with Crippen molar-refractivity contribution in [3.63, 3.8) is 0 Å². The van der Waals surface area contributed by atoms with Gasteiger partial charge in [-0.15, -0.1) is 11.3 Å². The second kappa shape index (κ2) is 4.79. The van der Waals surface area contributed by atoms with Crippen LogP contribution in [0.1, 0.15) is 10.4 Å². The maximum atomic E-state index is 12.3. The summed E-state index contributed by atoms with van der Waals surface area (Å²) in [4.78, 5) is 12.3. The molecule has 0 bridgehead atoms. The van der Waals surface area contributed by atoms with E-state index in [9.17, 15) is 4.79 Å². The van der Waals surface area contributed by atoms with Crippen molar-refractivity contribution < 1.29 is 14.3 Å². The number of hydrogen-bond donors (Lipinski definition) is 1. The highest BCUT2D eigenvalue weighted by atomic mass is 32.1. The fraction of sp³-hybridized carbons (Fsp3) is 0.0625. The summed E-state index contributed by atoms with van der Waals surface area (Å²) in [5.41, 5.74) is 1.33. The van der Waals surface area contributed by atoms with E-state index in [-0.39, 0.29) is 12.7 Å².